The summed E-state index contributed by atoms with van der Waals surface area (Å²) in [7, 11) is -4.78. The van der Waals surface area contributed by atoms with Gasteiger partial charge in [0.1, 0.15) is 17.5 Å². The molecule has 4 N–H and O–H groups in total. The number of benzene rings is 1. The highest BCUT2D eigenvalue weighted by Crippen LogP contribution is 2.33. The molecule has 1 aromatic carbocycles. The number of hydrazine groups is 1. The molecule has 13 heteroatoms. The van der Waals surface area contributed by atoms with Crippen LogP contribution >= 0.6 is 0 Å². The standard InChI is InChI=1S/C17H20F2N6O4S/c1-8-5-10(6-20)23-24-15(8)9(2)21-13(26)7-25-17(27)22-12-4-3-11(18)14(19)16(12)30(25,28)29/h3-4,8-10,15,23-24H,5,7H2,1-2H3,(H,21,26)(H,22,27)/t8?,9-,10?,15?/m1/s1. The van der Waals surface area contributed by atoms with Crippen LogP contribution in [0.5, 0.6) is 0 Å². The molecule has 0 saturated carbocycles. The van der Waals surface area contributed by atoms with Crippen LogP contribution in [0.4, 0.5) is 19.3 Å². The normalized spacial score (nSPS) is 26.2. The number of nitriles is 1. The van der Waals surface area contributed by atoms with Gasteiger partial charge in [-0.05, 0) is 31.4 Å². The Hall–Kier alpha value is -2.82. The number of rotatable bonds is 4. The molecule has 2 aliphatic heterocycles. The van der Waals surface area contributed by atoms with Crippen molar-refractivity contribution in [1.82, 2.24) is 20.5 Å². The van der Waals surface area contributed by atoms with Gasteiger partial charge >= 0.3 is 6.03 Å². The van der Waals surface area contributed by atoms with Gasteiger partial charge in [-0.25, -0.2) is 31.7 Å². The summed E-state index contributed by atoms with van der Waals surface area (Å²) in [6, 6.07) is 1.42. The van der Waals surface area contributed by atoms with Crippen molar-refractivity contribution in [2.45, 2.75) is 43.3 Å². The highest BCUT2D eigenvalue weighted by molar-refractivity contribution is 7.90. The molecule has 162 valence electrons. The van der Waals surface area contributed by atoms with E-state index < -0.39 is 56.8 Å². The Bertz CT molecular complexity index is 1030. The summed E-state index contributed by atoms with van der Waals surface area (Å²) in [6.07, 6.45) is 0.541. The van der Waals surface area contributed by atoms with Gasteiger partial charge in [-0.1, -0.05) is 6.92 Å². The SMILES string of the molecule is CC1CC(C#N)NNC1[C@@H](C)NC(=O)CN1C(=O)Nc2ccc(F)c(F)c2S1(=O)=O. The van der Waals surface area contributed by atoms with E-state index in [0.29, 0.717) is 12.5 Å². The lowest BCUT2D eigenvalue weighted by atomic mass is 9.89. The van der Waals surface area contributed by atoms with E-state index in [1.54, 1.807) is 6.92 Å². The number of nitrogens with one attached hydrogen (secondary N) is 4. The molecule has 0 aromatic heterocycles. The number of sulfonamides is 1. The maximum Gasteiger partial charge on any atom is 0.336 e. The fourth-order valence-corrected chi connectivity index (χ4v) is 5.07. The smallest absolute Gasteiger partial charge is 0.336 e. The molecule has 3 rings (SSSR count). The summed E-state index contributed by atoms with van der Waals surface area (Å²) in [5.41, 5.74) is 5.36. The molecule has 3 unspecified atom stereocenters. The lowest BCUT2D eigenvalue weighted by molar-refractivity contribution is -0.121. The molecule has 0 spiro atoms. The minimum absolute atomic E-state index is 0.0113. The molecule has 10 nitrogen and oxygen atoms in total. The zero-order valence-corrected chi connectivity index (χ0v) is 16.9. The van der Waals surface area contributed by atoms with E-state index in [4.69, 9.17) is 5.26 Å². The van der Waals surface area contributed by atoms with Crippen molar-refractivity contribution < 1.29 is 26.8 Å². The third-order valence-electron chi connectivity index (χ3n) is 5.08. The first-order chi connectivity index (χ1) is 14.1. The number of anilines is 1. The van der Waals surface area contributed by atoms with Crippen LogP contribution in [0.25, 0.3) is 0 Å². The minimum Gasteiger partial charge on any atom is -0.350 e. The maximum absolute atomic E-state index is 14.1. The molecular weight excluding hydrogens is 422 g/mol. The third-order valence-corrected chi connectivity index (χ3v) is 6.87. The van der Waals surface area contributed by atoms with Crippen LogP contribution in [0.2, 0.25) is 0 Å². The van der Waals surface area contributed by atoms with Crippen molar-refractivity contribution in [3.05, 3.63) is 23.8 Å². The average molecular weight is 442 g/mol. The van der Waals surface area contributed by atoms with Gasteiger partial charge in [0.05, 0.1) is 11.8 Å². The molecule has 0 aliphatic carbocycles. The fourth-order valence-electron chi connectivity index (χ4n) is 3.58. The monoisotopic (exact) mass is 442 g/mol. The minimum atomic E-state index is -4.78. The van der Waals surface area contributed by atoms with Crippen molar-refractivity contribution in [2.75, 3.05) is 11.9 Å². The number of carbonyl (C=O) groups excluding carboxylic acids is 2. The van der Waals surface area contributed by atoms with Gasteiger partial charge in [-0.2, -0.15) is 5.26 Å². The molecular formula is C17H20F2N6O4S. The first kappa shape index (κ1) is 21.9. The maximum atomic E-state index is 14.1. The van der Waals surface area contributed by atoms with Gasteiger partial charge in [0, 0.05) is 12.1 Å². The summed E-state index contributed by atoms with van der Waals surface area (Å²) in [5.74, 6) is -3.83. The van der Waals surface area contributed by atoms with E-state index in [2.05, 4.69) is 27.6 Å². The van der Waals surface area contributed by atoms with Crippen LogP contribution in [0.3, 0.4) is 0 Å². The second-order valence-electron chi connectivity index (χ2n) is 7.25. The molecule has 2 aliphatic rings. The second kappa shape index (κ2) is 8.13. The van der Waals surface area contributed by atoms with E-state index in [0.717, 1.165) is 6.07 Å². The van der Waals surface area contributed by atoms with Crippen molar-refractivity contribution >= 4 is 27.6 Å². The molecule has 1 fully saturated rings. The molecule has 30 heavy (non-hydrogen) atoms. The predicted octanol–water partition coefficient (Wildman–Crippen LogP) is 0.400. The summed E-state index contributed by atoms with van der Waals surface area (Å²) in [5, 5.41) is 13.7. The van der Waals surface area contributed by atoms with Crippen molar-refractivity contribution in [3.8, 4) is 6.07 Å². The molecule has 1 aromatic rings. The number of halogens is 2. The summed E-state index contributed by atoms with van der Waals surface area (Å²) < 4.78 is 53.1. The fraction of sp³-hybridized carbons (Fsp3) is 0.471. The van der Waals surface area contributed by atoms with Crippen LogP contribution in [-0.4, -0.2) is 49.3 Å². The number of carbonyl (C=O) groups is 2. The Morgan fingerprint density at radius 3 is 2.73 bits per heavy atom. The Kier molecular flexibility index (Phi) is 5.93. The first-order valence-electron chi connectivity index (χ1n) is 9.08. The van der Waals surface area contributed by atoms with Gasteiger partial charge < -0.3 is 10.6 Å². The molecule has 2 heterocycles. The van der Waals surface area contributed by atoms with Crippen LogP contribution in [-0.2, 0) is 14.8 Å². The molecule has 3 amide bonds. The highest BCUT2D eigenvalue weighted by atomic mass is 32.2. The number of fused-ring (bicyclic) bond motifs is 1. The number of hydrogen-bond donors (Lipinski definition) is 4. The highest BCUT2D eigenvalue weighted by Gasteiger charge is 2.41. The van der Waals surface area contributed by atoms with E-state index >= 15 is 0 Å². The topological polar surface area (TPSA) is 143 Å². The van der Waals surface area contributed by atoms with Gasteiger partial charge in [-0.15, -0.1) is 0 Å². The van der Waals surface area contributed by atoms with E-state index in [1.165, 1.54) is 0 Å². The summed E-state index contributed by atoms with van der Waals surface area (Å²) in [6.45, 7) is 2.65. The van der Waals surface area contributed by atoms with Gasteiger partial charge in [0.15, 0.2) is 11.6 Å². The average Bonchev–Trinajstić information content (AvgIpc) is 2.67. The Morgan fingerprint density at radius 2 is 2.10 bits per heavy atom. The zero-order valence-electron chi connectivity index (χ0n) is 16.1. The van der Waals surface area contributed by atoms with Crippen molar-refractivity contribution in [1.29, 1.82) is 5.26 Å². The molecule has 1 saturated heterocycles. The summed E-state index contributed by atoms with van der Waals surface area (Å²) >= 11 is 0. The molecule has 0 radical (unpaired) electrons. The molecule has 0 bridgehead atoms. The number of urea groups is 1. The van der Waals surface area contributed by atoms with Crippen LogP contribution in [0.15, 0.2) is 17.0 Å². The van der Waals surface area contributed by atoms with Crippen molar-refractivity contribution in [3.63, 3.8) is 0 Å². The van der Waals surface area contributed by atoms with Gasteiger partial charge in [0.25, 0.3) is 10.0 Å². The number of hydrogen-bond acceptors (Lipinski definition) is 7. The van der Waals surface area contributed by atoms with Crippen LogP contribution in [0, 0.1) is 28.9 Å². The second-order valence-corrected chi connectivity index (χ2v) is 9.04. The van der Waals surface area contributed by atoms with E-state index in [1.807, 2.05) is 6.92 Å². The predicted molar refractivity (Wildman–Crippen MR) is 100 cm³/mol. The van der Waals surface area contributed by atoms with Crippen LogP contribution in [0.1, 0.15) is 20.3 Å². The van der Waals surface area contributed by atoms with Gasteiger partial charge in [-0.3, -0.25) is 10.2 Å². The lowest BCUT2D eigenvalue weighted by Crippen LogP contribution is -2.62. The quantitative estimate of drug-likeness (QED) is 0.528. The van der Waals surface area contributed by atoms with Crippen molar-refractivity contribution in [2.24, 2.45) is 5.92 Å². The Balaban J connectivity index is 1.73. The van der Waals surface area contributed by atoms with E-state index in [9.17, 15) is 26.8 Å². The largest absolute Gasteiger partial charge is 0.350 e. The Morgan fingerprint density at radius 1 is 1.40 bits per heavy atom. The molecule has 4 atom stereocenters. The lowest BCUT2D eigenvalue weighted by Gasteiger charge is -2.37. The van der Waals surface area contributed by atoms with Gasteiger partial charge in [0.2, 0.25) is 5.91 Å². The summed E-state index contributed by atoms with van der Waals surface area (Å²) in [4.78, 5) is 23.6. The van der Waals surface area contributed by atoms with E-state index in [-0.39, 0.29) is 22.3 Å². The Labute approximate surface area is 171 Å². The van der Waals surface area contributed by atoms with Crippen LogP contribution < -0.4 is 21.5 Å². The number of amides is 3. The first-order valence-corrected chi connectivity index (χ1v) is 10.5. The zero-order chi connectivity index (χ0) is 22.2. The number of nitrogens with zero attached hydrogens (tertiary/aromatic N) is 2. The third kappa shape index (κ3) is 3.93.